The van der Waals surface area contributed by atoms with E-state index in [0.29, 0.717) is 0 Å². The second-order valence-electron chi connectivity index (χ2n) is 12.4. The number of anilines is 1. The zero-order valence-corrected chi connectivity index (χ0v) is 32.5. The van der Waals surface area contributed by atoms with E-state index in [1.165, 1.54) is 19.9 Å². The van der Waals surface area contributed by atoms with Crippen LogP contribution in [-0.4, -0.2) is 109 Å². The van der Waals surface area contributed by atoms with E-state index in [4.69, 9.17) is 15.2 Å². The first-order chi connectivity index (χ1) is 26.0. The molecule has 0 aromatic carbocycles. The standard InChI is InChI=1S/C26H38N7O19P3S/c1-26(2,20(37)23(38)29-6-5-15(34)28-7-8-56-25(39)13-3-4-16(35)49-13)10-48-55(45,46)52-54(43,44)47-9-14-19(51-53(40,41)42)18(36)24(50-14)33-12-32-17-21(27)30-11-31-22(17)33/h3,11-12,14,18-20,24,36-37H,4-10H2,1-2H3,(H,28,34)(H,29,38)(H,43,44)(H,45,46)(H2,27,30,31)(H2,40,41,42)/p-4/t14-,18-,19-,20+,24-/m1/s1. The molecule has 4 heterocycles. The van der Waals surface area contributed by atoms with Crippen molar-refractivity contribution in [1.82, 2.24) is 30.2 Å². The fourth-order valence-electron chi connectivity index (χ4n) is 4.83. The van der Waals surface area contributed by atoms with Gasteiger partial charge in [-0.15, -0.1) is 0 Å². The predicted octanol–water partition coefficient (Wildman–Crippen LogP) is -4.03. The molecular weight excluding hydrogens is 839 g/mol. The molecule has 6 N–H and O–H groups in total. The van der Waals surface area contributed by atoms with Crippen LogP contribution >= 0.6 is 35.2 Å². The van der Waals surface area contributed by atoms with Gasteiger partial charge < -0.3 is 73.8 Å². The number of aliphatic hydroxyl groups excluding tert-OH is 2. The minimum absolute atomic E-state index is 0.00615. The summed E-state index contributed by atoms with van der Waals surface area (Å²) < 4.78 is 65.1. The van der Waals surface area contributed by atoms with Gasteiger partial charge in [0, 0.05) is 30.7 Å². The molecule has 7 atom stereocenters. The van der Waals surface area contributed by atoms with Crippen LogP contribution in [0.1, 0.15) is 32.9 Å². The van der Waals surface area contributed by atoms with Crippen molar-refractivity contribution in [2.24, 2.45) is 5.41 Å². The first-order valence-electron chi connectivity index (χ1n) is 15.9. The van der Waals surface area contributed by atoms with Crippen LogP contribution in [0.3, 0.4) is 0 Å². The number of ether oxygens (including phenoxy) is 2. The Morgan fingerprint density at radius 2 is 1.80 bits per heavy atom. The number of hydrogen-bond acceptors (Lipinski definition) is 24. The van der Waals surface area contributed by atoms with Gasteiger partial charge in [0.05, 0.1) is 33.8 Å². The Kier molecular flexibility index (Phi) is 15.1. The third-order valence-corrected chi connectivity index (χ3v) is 11.5. The van der Waals surface area contributed by atoms with Crippen molar-refractivity contribution in [2.75, 3.05) is 37.8 Å². The lowest BCUT2D eigenvalue weighted by atomic mass is 9.87. The molecule has 312 valence electrons. The Morgan fingerprint density at radius 3 is 2.46 bits per heavy atom. The summed E-state index contributed by atoms with van der Waals surface area (Å²) in [6, 6.07) is 0. The van der Waals surface area contributed by atoms with Crippen LogP contribution in [0.5, 0.6) is 0 Å². The van der Waals surface area contributed by atoms with Crippen LogP contribution in [-0.2, 0) is 60.2 Å². The molecule has 0 radical (unpaired) electrons. The van der Waals surface area contributed by atoms with E-state index >= 15 is 0 Å². The summed E-state index contributed by atoms with van der Waals surface area (Å²) in [6.45, 7) is -0.170. The number of carbonyl (C=O) groups is 4. The maximum absolute atomic E-state index is 12.5. The summed E-state index contributed by atoms with van der Waals surface area (Å²) in [4.78, 5) is 107. The van der Waals surface area contributed by atoms with Crippen LogP contribution in [0.15, 0.2) is 24.5 Å². The van der Waals surface area contributed by atoms with E-state index in [0.717, 1.165) is 29.0 Å². The van der Waals surface area contributed by atoms with Gasteiger partial charge in [-0.25, -0.2) is 19.3 Å². The second-order valence-corrected chi connectivity index (χ2v) is 17.5. The summed E-state index contributed by atoms with van der Waals surface area (Å²) in [6.07, 6.45) is -6.40. The highest BCUT2D eigenvalue weighted by molar-refractivity contribution is 8.14. The number of phosphoric ester groups is 3. The number of nitrogens with two attached hydrogens (primary N) is 1. The molecule has 2 unspecified atom stereocenters. The van der Waals surface area contributed by atoms with Crippen molar-refractivity contribution in [3.63, 3.8) is 0 Å². The highest BCUT2D eigenvalue weighted by Crippen LogP contribution is 2.56. The number of carbonyl (C=O) groups excluding carboxylic acids is 4. The molecule has 2 aromatic heterocycles. The van der Waals surface area contributed by atoms with Gasteiger partial charge in [-0.05, 0) is 6.08 Å². The molecule has 0 spiro atoms. The molecule has 0 saturated carbocycles. The zero-order valence-electron chi connectivity index (χ0n) is 29.0. The Labute approximate surface area is 319 Å². The van der Waals surface area contributed by atoms with Crippen molar-refractivity contribution in [3.8, 4) is 0 Å². The number of esters is 1. The molecule has 2 aliphatic rings. The highest BCUT2D eigenvalue weighted by atomic mass is 32.2. The van der Waals surface area contributed by atoms with Gasteiger partial charge in [0.15, 0.2) is 23.5 Å². The monoisotopic (exact) mass is 873 g/mol. The Bertz CT molecular complexity index is 1980. The van der Waals surface area contributed by atoms with Crippen molar-refractivity contribution >= 4 is 75.1 Å². The van der Waals surface area contributed by atoms with Crippen LogP contribution in [0, 0.1) is 5.41 Å². The average molecular weight is 874 g/mol. The quantitative estimate of drug-likeness (QED) is 0.0480. The number of cyclic esters (lactones) is 1. The minimum atomic E-state index is -5.93. The molecular formula is C26H34N7O19P3S-4. The Balaban J connectivity index is 1.23. The van der Waals surface area contributed by atoms with Gasteiger partial charge in [-0.1, -0.05) is 25.6 Å². The van der Waals surface area contributed by atoms with Gasteiger partial charge in [-0.3, -0.25) is 32.9 Å². The number of phosphoric acid groups is 3. The number of fused-ring (bicyclic) bond motifs is 1. The second kappa shape index (κ2) is 18.6. The molecule has 4 rings (SSSR count). The number of aromatic nitrogens is 4. The zero-order chi connectivity index (χ0) is 41.6. The lowest BCUT2D eigenvalue weighted by molar-refractivity contribution is -0.347. The third-order valence-electron chi connectivity index (χ3n) is 7.59. The number of amides is 2. The van der Waals surface area contributed by atoms with Gasteiger partial charge in [0.1, 0.15) is 36.3 Å². The van der Waals surface area contributed by atoms with Crippen molar-refractivity contribution in [3.05, 3.63) is 24.5 Å². The van der Waals surface area contributed by atoms with Gasteiger partial charge in [0.2, 0.25) is 11.8 Å². The summed E-state index contributed by atoms with van der Waals surface area (Å²) in [7, 11) is -17.6. The first-order valence-corrected chi connectivity index (χ1v) is 21.3. The summed E-state index contributed by atoms with van der Waals surface area (Å²) in [5, 5.41) is 25.6. The maximum Gasteiger partial charge on any atom is 0.315 e. The van der Waals surface area contributed by atoms with Crippen LogP contribution in [0.2, 0.25) is 0 Å². The Morgan fingerprint density at radius 1 is 1.11 bits per heavy atom. The number of rotatable bonds is 20. The van der Waals surface area contributed by atoms with Crippen molar-refractivity contribution in [1.29, 1.82) is 0 Å². The predicted molar refractivity (Wildman–Crippen MR) is 177 cm³/mol. The van der Waals surface area contributed by atoms with Crippen LogP contribution in [0.25, 0.3) is 11.2 Å². The summed E-state index contributed by atoms with van der Waals surface area (Å²) in [5.74, 6) is -2.15. The van der Waals surface area contributed by atoms with E-state index in [9.17, 15) is 62.7 Å². The summed E-state index contributed by atoms with van der Waals surface area (Å²) in [5.41, 5.74) is 4.02. The van der Waals surface area contributed by atoms with Crippen molar-refractivity contribution in [2.45, 2.75) is 57.3 Å². The molecule has 56 heavy (non-hydrogen) atoms. The number of aliphatic hydroxyl groups is 2. The number of nitrogens with one attached hydrogen (secondary N) is 2. The van der Waals surface area contributed by atoms with E-state index in [1.807, 2.05) is 0 Å². The molecule has 2 aliphatic heterocycles. The van der Waals surface area contributed by atoms with E-state index < -0.39 is 95.6 Å². The Hall–Kier alpha value is -3.23. The maximum atomic E-state index is 12.5. The average Bonchev–Trinajstić information content (AvgIpc) is 3.81. The molecule has 30 heteroatoms. The molecule has 0 bridgehead atoms. The highest BCUT2D eigenvalue weighted by Gasteiger charge is 2.47. The van der Waals surface area contributed by atoms with E-state index in [1.54, 1.807) is 0 Å². The summed E-state index contributed by atoms with van der Waals surface area (Å²) >= 11 is 0.812. The van der Waals surface area contributed by atoms with Crippen molar-refractivity contribution < 1.29 is 90.0 Å². The van der Waals surface area contributed by atoms with Crippen LogP contribution in [0.4, 0.5) is 5.82 Å². The van der Waals surface area contributed by atoms with Gasteiger partial charge in [0.25, 0.3) is 20.8 Å². The number of thioether (sulfide) groups is 1. The molecule has 26 nitrogen and oxygen atoms in total. The fraction of sp³-hybridized carbons (Fsp3) is 0.577. The number of hydrogen-bond donors (Lipinski definition) is 5. The SMILES string of the molecule is CC(C)(COP(=O)([O-])OP(=O)([O-])OC[C@H]1O[C@@H](n2cnc3c(N)ncnc32)[C@H](O)[C@@H]1OP(=O)([O-])[O-])[C@@H](O)C(=O)NCCC(=O)NCCSC(=O)C1=CCC(=O)O1. The number of imidazole rings is 1. The van der Waals surface area contributed by atoms with Gasteiger partial charge in [-0.2, -0.15) is 0 Å². The number of nitrogen functional groups attached to an aromatic ring is 1. The first kappa shape index (κ1) is 45.5. The molecule has 0 aliphatic carbocycles. The smallest absolute Gasteiger partial charge is 0.315 e. The minimum Gasteiger partial charge on any atom is -0.790 e. The van der Waals surface area contributed by atoms with E-state index in [-0.39, 0.29) is 54.4 Å². The lowest BCUT2D eigenvalue weighted by Crippen LogP contribution is -2.46. The largest absolute Gasteiger partial charge is 0.790 e. The molecule has 2 aromatic rings. The molecule has 2 amide bonds. The van der Waals surface area contributed by atoms with Crippen LogP contribution < -0.4 is 35.9 Å². The lowest BCUT2D eigenvalue weighted by Gasteiger charge is -2.36. The number of nitrogens with zero attached hydrogens (tertiary/aromatic N) is 4. The fourth-order valence-corrected chi connectivity index (χ4v) is 8.22. The topological polar surface area (TPSA) is 401 Å². The van der Waals surface area contributed by atoms with Gasteiger partial charge >= 0.3 is 5.97 Å². The van der Waals surface area contributed by atoms with E-state index in [2.05, 4.69) is 43.5 Å². The molecule has 1 fully saturated rings. The third kappa shape index (κ3) is 12.6. The normalized spacial score (nSPS) is 22.9. The molecule has 1 saturated heterocycles.